The molecule has 0 unspecified atom stereocenters. The van der Waals surface area contributed by atoms with E-state index in [1.54, 1.807) is 11.4 Å². The number of halogens is 3. The number of hydrogen-bond acceptors (Lipinski definition) is 3. The quantitative estimate of drug-likeness (QED) is 0.830. The van der Waals surface area contributed by atoms with Gasteiger partial charge in [-0.1, -0.05) is 6.07 Å². The van der Waals surface area contributed by atoms with Gasteiger partial charge in [-0.2, -0.15) is 0 Å². The lowest BCUT2D eigenvalue weighted by Gasteiger charge is -2.19. The number of aliphatic hydroxyl groups is 1. The van der Waals surface area contributed by atoms with E-state index < -0.39 is 18.6 Å². The average molecular weight is 230 g/mol. The fraction of sp³-hybridized carbons (Fsp3) is 0.429. The van der Waals surface area contributed by atoms with E-state index in [1.807, 2.05) is 0 Å². The summed E-state index contributed by atoms with van der Waals surface area (Å²) in [5.41, 5.74) is 5.23. The molecule has 1 heterocycles. The molecule has 76 valence electrons. The van der Waals surface area contributed by atoms with Gasteiger partial charge >= 0.3 is 0 Å². The second-order valence-corrected chi connectivity index (χ2v) is 3.39. The lowest BCUT2D eigenvalue weighted by atomic mass is 10.1. The summed E-state index contributed by atoms with van der Waals surface area (Å²) in [5, 5.41) is 10.0. The lowest BCUT2D eigenvalue weighted by Crippen LogP contribution is -2.35. The van der Waals surface area contributed by atoms with E-state index in [-0.39, 0.29) is 12.4 Å². The van der Waals surface area contributed by atoms with Gasteiger partial charge in [-0.25, -0.2) is 8.78 Å². The molecule has 1 aromatic rings. The van der Waals surface area contributed by atoms with Gasteiger partial charge in [0.15, 0.2) is 0 Å². The van der Waals surface area contributed by atoms with Crippen molar-refractivity contribution in [2.45, 2.75) is 12.0 Å². The number of rotatable bonds is 3. The van der Waals surface area contributed by atoms with Crippen LogP contribution in [0.3, 0.4) is 0 Å². The standard InChI is InChI=1S/C7H9F2NOS.ClH/c8-7(9,4-11)6(10)5-2-1-3-12-5;/h1-3,6,11H,4,10H2;1H/t6-;/m1./s1. The minimum absolute atomic E-state index is 0. The average Bonchev–Trinajstić information content (AvgIpc) is 2.55. The highest BCUT2D eigenvalue weighted by Gasteiger charge is 2.37. The van der Waals surface area contributed by atoms with Crippen LogP contribution >= 0.6 is 23.7 Å². The van der Waals surface area contributed by atoms with Crippen molar-refractivity contribution < 1.29 is 13.9 Å². The molecule has 3 N–H and O–H groups in total. The maximum atomic E-state index is 12.7. The van der Waals surface area contributed by atoms with Crippen molar-refractivity contribution in [2.75, 3.05) is 6.61 Å². The van der Waals surface area contributed by atoms with Gasteiger partial charge < -0.3 is 10.8 Å². The van der Waals surface area contributed by atoms with E-state index in [0.29, 0.717) is 4.88 Å². The third-order valence-corrected chi connectivity index (χ3v) is 2.47. The van der Waals surface area contributed by atoms with E-state index in [1.165, 1.54) is 6.07 Å². The molecule has 0 amide bonds. The summed E-state index contributed by atoms with van der Waals surface area (Å²) in [4.78, 5) is 0.383. The van der Waals surface area contributed by atoms with Gasteiger partial charge in [-0.05, 0) is 11.4 Å². The monoisotopic (exact) mass is 229 g/mol. The topological polar surface area (TPSA) is 46.2 Å². The molecule has 6 heteroatoms. The summed E-state index contributed by atoms with van der Waals surface area (Å²) in [6, 6.07) is 1.77. The van der Waals surface area contributed by atoms with E-state index >= 15 is 0 Å². The number of thiophene rings is 1. The Bertz CT molecular complexity index is 243. The Kier molecular flexibility index (Phi) is 4.77. The summed E-state index contributed by atoms with van der Waals surface area (Å²) >= 11 is 1.16. The first-order chi connectivity index (χ1) is 5.58. The molecule has 1 aromatic heterocycles. The maximum Gasteiger partial charge on any atom is 0.290 e. The number of nitrogens with two attached hydrogens (primary N) is 1. The molecule has 0 bridgehead atoms. The van der Waals surface area contributed by atoms with Crippen LogP contribution in [-0.4, -0.2) is 17.6 Å². The molecule has 0 saturated heterocycles. The zero-order valence-corrected chi connectivity index (χ0v) is 8.25. The van der Waals surface area contributed by atoms with Gasteiger partial charge in [-0.15, -0.1) is 23.7 Å². The van der Waals surface area contributed by atoms with Crippen molar-refractivity contribution in [3.05, 3.63) is 22.4 Å². The highest BCUT2D eigenvalue weighted by atomic mass is 35.5. The number of hydrogen-bond donors (Lipinski definition) is 2. The first kappa shape index (κ1) is 12.8. The molecular formula is C7H10ClF2NOS. The molecule has 0 spiro atoms. The Balaban J connectivity index is 0.00000144. The Morgan fingerprint density at radius 2 is 2.23 bits per heavy atom. The predicted molar refractivity (Wildman–Crippen MR) is 50.5 cm³/mol. The summed E-state index contributed by atoms with van der Waals surface area (Å²) < 4.78 is 25.5. The van der Waals surface area contributed by atoms with Crippen LogP contribution < -0.4 is 5.73 Å². The summed E-state index contributed by atoms with van der Waals surface area (Å²) in [6.07, 6.45) is 0. The van der Waals surface area contributed by atoms with Crippen molar-refractivity contribution in [3.63, 3.8) is 0 Å². The third-order valence-electron chi connectivity index (χ3n) is 1.52. The van der Waals surface area contributed by atoms with Crippen LogP contribution in [0.1, 0.15) is 10.9 Å². The second kappa shape index (κ2) is 4.85. The van der Waals surface area contributed by atoms with Crippen LogP contribution in [0.5, 0.6) is 0 Å². The van der Waals surface area contributed by atoms with Gasteiger partial charge in [0, 0.05) is 4.88 Å². The van der Waals surface area contributed by atoms with Crippen LogP contribution in [0.15, 0.2) is 17.5 Å². The smallest absolute Gasteiger partial charge is 0.290 e. The van der Waals surface area contributed by atoms with Crippen molar-refractivity contribution in [3.8, 4) is 0 Å². The first-order valence-corrected chi connectivity index (χ1v) is 4.23. The zero-order chi connectivity index (χ0) is 9.19. The van der Waals surface area contributed by atoms with E-state index in [2.05, 4.69) is 0 Å². The Morgan fingerprint density at radius 3 is 2.62 bits per heavy atom. The summed E-state index contributed by atoms with van der Waals surface area (Å²) in [5.74, 6) is -3.23. The van der Waals surface area contributed by atoms with E-state index in [4.69, 9.17) is 10.8 Å². The van der Waals surface area contributed by atoms with Gasteiger partial charge in [0.05, 0.1) is 0 Å². The predicted octanol–water partition coefficient (Wildman–Crippen LogP) is 1.80. The molecule has 0 fully saturated rings. The molecule has 0 aliphatic carbocycles. The number of aliphatic hydroxyl groups excluding tert-OH is 1. The van der Waals surface area contributed by atoms with Gasteiger partial charge in [0.25, 0.3) is 5.92 Å². The SMILES string of the molecule is Cl.N[C@H](c1cccs1)C(F)(F)CO. The zero-order valence-electron chi connectivity index (χ0n) is 6.61. The molecule has 13 heavy (non-hydrogen) atoms. The fourth-order valence-corrected chi connectivity index (χ4v) is 1.57. The summed E-state index contributed by atoms with van der Waals surface area (Å²) in [6.45, 7) is -1.22. The molecule has 0 aliphatic heterocycles. The molecule has 0 saturated carbocycles. The van der Waals surface area contributed by atoms with Crippen molar-refractivity contribution in [2.24, 2.45) is 5.73 Å². The molecule has 0 aromatic carbocycles. The Morgan fingerprint density at radius 1 is 1.62 bits per heavy atom. The largest absolute Gasteiger partial charge is 0.390 e. The lowest BCUT2D eigenvalue weighted by molar-refractivity contribution is -0.0703. The van der Waals surface area contributed by atoms with Crippen LogP contribution in [0.25, 0.3) is 0 Å². The Hall–Kier alpha value is -0.230. The van der Waals surface area contributed by atoms with E-state index in [9.17, 15) is 8.78 Å². The van der Waals surface area contributed by atoms with Crippen LogP contribution in [0, 0.1) is 0 Å². The van der Waals surface area contributed by atoms with E-state index in [0.717, 1.165) is 11.3 Å². The second-order valence-electron chi connectivity index (χ2n) is 2.41. The highest BCUT2D eigenvalue weighted by molar-refractivity contribution is 7.10. The molecule has 1 atom stereocenters. The molecular weight excluding hydrogens is 220 g/mol. The van der Waals surface area contributed by atoms with Crippen molar-refractivity contribution >= 4 is 23.7 Å². The molecule has 0 aliphatic rings. The normalized spacial score (nSPS) is 13.5. The van der Waals surface area contributed by atoms with Crippen LogP contribution in [0.2, 0.25) is 0 Å². The molecule has 0 radical (unpaired) electrons. The third kappa shape index (κ3) is 2.87. The van der Waals surface area contributed by atoms with Crippen LogP contribution in [-0.2, 0) is 0 Å². The minimum Gasteiger partial charge on any atom is -0.390 e. The molecule has 2 nitrogen and oxygen atoms in total. The fourth-order valence-electron chi connectivity index (χ4n) is 0.775. The highest BCUT2D eigenvalue weighted by Crippen LogP contribution is 2.30. The van der Waals surface area contributed by atoms with Crippen molar-refractivity contribution in [1.29, 1.82) is 0 Å². The van der Waals surface area contributed by atoms with Crippen LogP contribution in [0.4, 0.5) is 8.78 Å². The molecule has 1 rings (SSSR count). The first-order valence-electron chi connectivity index (χ1n) is 3.35. The minimum atomic E-state index is -3.23. The Labute approximate surface area is 84.8 Å². The number of alkyl halides is 2. The van der Waals surface area contributed by atoms with Gasteiger partial charge in [0.2, 0.25) is 0 Å². The van der Waals surface area contributed by atoms with Crippen molar-refractivity contribution in [1.82, 2.24) is 0 Å². The van der Waals surface area contributed by atoms with Gasteiger partial charge in [0.1, 0.15) is 12.6 Å². The summed E-state index contributed by atoms with van der Waals surface area (Å²) in [7, 11) is 0. The van der Waals surface area contributed by atoms with Gasteiger partial charge in [-0.3, -0.25) is 0 Å². The maximum absolute atomic E-state index is 12.7.